The van der Waals surface area contributed by atoms with Gasteiger partial charge < -0.3 is 0 Å². The van der Waals surface area contributed by atoms with Gasteiger partial charge in [0, 0.05) is 0 Å². The minimum absolute atomic E-state index is 0.111. The number of nitrogens with two attached hydrogens (primary N) is 1. The van der Waals surface area contributed by atoms with Crippen molar-refractivity contribution in [2.75, 3.05) is 0 Å². The second-order valence-electron chi connectivity index (χ2n) is 3.66. The minimum atomic E-state index is -3.70. The molecule has 1 atom stereocenters. The van der Waals surface area contributed by atoms with Crippen LogP contribution in [0.25, 0.3) is 0 Å². The molecule has 94 valence electrons. The summed E-state index contributed by atoms with van der Waals surface area (Å²) in [6, 6.07) is 5.39. The maximum absolute atomic E-state index is 11.8. The molecule has 0 saturated carbocycles. The van der Waals surface area contributed by atoms with Crippen LogP contribution in [0, 0.1) is 6.92 Å². The Balaban J connectivity index is 2.89. The van der Waals surface area contributed by atoms with Crippen LogP contribution < -0.4 is 16.0 Å². The molecule has 6 nitrogen and oxygen atoms in total. The predicted molar refractivity (Wildman–Crippen MR) is 63.3 cm³/mol. The highest BCUT2D eigenvalue weighted by Gasteiger charge is 2.21. The number of amides is 1. The van der Waals surface area contributed by atoms with Crippen molar-refractivity contribution < 1.29 is 13.2 Å². The first-order chi connectivity index (χ1) is 7.86. The lowest BCUT2D eigenvalue weighted by atomic mass is 10.2. The Kier molecular flexibility index (Phi) is 4.22. The SMILES string of the molecule is Cc1ccc(S(=O)(=O)N[C@H](C)C(=O)NN)cc1. The van der Waals surface area contributed by atoms with Gasteiger partial charge in [0.05, 0.1) is 10.9 Å². The van der Waals surface area contributed by atoms with E-state index in [1.807, 2.05) is 12.3 Å². The van der Waals surface area contributed by atoms with Crippen molar-refractivity contribution in [2.45, 2.75) is 24.8 Å². The van der Waals surface area contributed by atoms with Crippen molar-refractivity contribution in [1.82, 2.24) is 10.1 Å². The summed E-state index contributed by atoms with van der Waals surface area (Å²) in [5, 5.41) is 0. The van der Waals surface area contributed by atoms with Gasteiger partial charge in [0.2, 0.25) is 10.0 Å². The maximum atomic E-state index is 11.8. The van der Waals surface area contributed by atoms with E-state index in [0.29, 0.717) is 0 Å². The summed E-state index contributed by atoms with van der Waals surface area (Å²) in [5.41, 5.74) is 2.84. The van der Waals surface area contributed by atoms with Crippen LogP contribution in [0.2, 0.25) is 0 Å². The third kappa shape index (κ3) is 3.52. The molecule has 0 aliphatic rings. The summed E-state index contributed by atoms with van der Waals surface area (Å²) in [6.45, 7) is 3.27. The van der Waals surface area contributed by atoms with Crippen LogP contribution in [0.4, 0.5) is 0 Å². The smallest absolute Gasteiger partial charge is 0.251 e. The first-order valence-corrected chi connectivity index (χ1v) is 6.44. The second kappa shape index (κ2) is 5.26. The number of benzene rings is 1. The maximum Gasteiger partial charge on any atom is 0.251 e. The molecule has 0 radical (unpaired) electrons. The summed E-state index contributed by atoms with van der Waals surface area (Å²) < 4.78 is 25.9. The quantitative estimate of drug-likeness (QED) is 0.390. The molecule has 0 spiro atoms. The summed E-state index contributed by atoms with van der Waals surface area (Å²) in [4.78, 5) is 11.2. The van der Waals surface area contributed by atoms with Crippen molar-refractivity contribution in [3.05, 3.63) is 29.8 Å². The molecule has 1 rings (SSSR count). The average molecular weight is 257 g/mol. The van der Waals surface area contributed by atoms with Gasteiger partial charge in [-0.2, -0.15) is 4.72 Å². The summed E-state index contributed by atoms with van der Waals surface area (Å²) in [5.74, 6) is 4.32. The highest BCUT2D eigenvalue weighted by Crippen LogP contribution is 2.10. The lowest BCUT2D eigenvalue weighted by Crippen LogP contribution is -2.47. The fraction of sp³-hybridized carbons (Fsp3) is 0.300. The number of carbonyl (C=O) groups is 1. The van der Waals surface area contributed by atoms with Crippen molar-refractivity contribution in [2.24, 2.45) is 5.84 Å². The molecule has 0 aliphatic carbocycles. The third-order valence-corrected chi connectivity index (χ3v) is 3.76. The van der Waals surface area contributed by atoms with Crippen molar-refractivity contribution in [3.8, 4) is 0 Å². The molecule has 1 aromatic rings. The molecule has 0 heterocycles. The van der Waals surface area contributed by atoms with Gasteiger partial charge in [-0.25, -0.2) is 14.3 Å². The molecule has 4 N–H and O–H groups in total. The van der Waals surface area contributed by atoms with Crippen molar-refractivity contribution in [1.29, 1.82) is 0 Å². The van der Waals surface area contributed by atoms with E-state index in [2.05, 4.69) is 4.72 Å². The Morgan fingerprint density at radius 1 is 1.29 bits per heavy atom. The number of hydrogen-bond acceptors (Lipinski definition) is 4. The Morgan fingerprint density at radius 2 is 1.82 bits per heavy atom. The number of carbonyl (C=O) groups excluding carboxylic acids is 1. The van der Waals surface area contributed by atoms with Crippen LogP contribution in [-0.2, 0) is 14.8 Å². The van der Waals surface area contributed by atoms with Gasteiger partial charge in [-0.1, -0.05) is 17.7 Å². The van der Waals surface area contributed by atoms with Gasteiger partial charge in [-0.15, -0.1) is 0 Å². The molecule has 0 fully saturated rings. The fourth-order valence-corrected chi connectivity index (χ4v) is 2.40. The van der Waals surface area contributed by atoms with Crippen LogP contribution in [0.5, 0.6) is 0 Å². The Morgan fingerprint density at radius 3 is 2.29 bits per heavy atom. The highest BCUT2D eigenvalue weighted by molar-refractivity contribution is 7.89. The lowest BCUT2D eigenvalue weighted by Gasteiger charge is -2.12. The van der Waals surface area contributed by atoms with E-state index in [0.717, 1.165) is 5.56 Å². The molecular formula is C10H15N3O3S. The molecule has 7 heteroatoms. The standard InChI is InChI=1S/C10H15N3O3S/c1-7-3-5-9(6-4-7)17(15,16)13-8(2)10(14)12-11/h3-6,8,13H,11H2,1-2H3,(H,12,14)/t8-/m1/s1. The molecule has 1 amide bonds. The van der Waals surface area contributed by atoms with Gasteiger partial charge in [0.15, 0.2) is 0 Å². The van der Waals surface area contributed by atoms with Crippen LogP contribution in [-0.4, -0.2) is 20.4 Å². The molecule has 0 saturated heterocycles. The Bertz CT molecular complexity index is 496. The summed E-state index contributed by atoms with van der Waals surface area (Å²) in [7, 11) is -3.70. The number of nitrogens with one attached hydrogen (secondary N) is 2. The molecule has 0 aliphatic heterocycles. The largest absolute Gasteiger partial charge is 0.293 e. The number of hydrogen-bond donors (Lipinski definition) is 3. The van der Waals surface area contributed by atoms with Crippen LogP contribution in [0.15, 0.2) is 29.2 Å². The number of aryl methyl sites for hydroxylation is 1. The van der Waals surface area contributed by atoms with E-state index in [9.17, 15) is 13.2 Å². The number of sulfonamides is 1. The molecule has 0 unspecified atom stereocenters. The first kappa shape index (κ1) is 13.6. The Labute approximate surface area is 100 Å². The van der Waals surface area contributed by atoms with Gasteiger partial charge in [0.25, 0.3) is 5.91 Å². The zero-order valence-electron chi connectivity index (χ0n) is 9.60. The van der Waals surface area contributed by atoms with E-state index >= 15 is 0 Å². The van der Waals surface area contributed by atoms with Gasteiger partial charge in [-0.05, 0) is 26.0 Å². The predicted octanol–water partition coefficient (Wildman–Crippen LogP) is -0.348. The number of hydrazine groups is 1. The topological polar surface area (TPSA) is 101 Å². The summed E-state index contributed by atoms with van der Waals surface area (Å²) in [6.07, 6.45) is 0. The highest BCUT2D eigenvalue weighted by atomic mass is 32.2. The van der Waals surface area contributed by atoms with E-state index in [1.165, 1.54) is 19.1 Å². The molecule has 17 heavy (non-hydrogen) atoms. The molecule has 0 aromatic heterocycles. The van der Waals surface area contributed by atoms with Gasteiger partial charge in [-0.3, -0.25) is 10.2 Å². The van der Waals surface area contributed by atoms with E-state index in [4.69, 9.17) is 5.84 Å². The van der Waals surface area contributed by atoms with Crippen molar-refractivity contribution in [3.63, 3.8) is 0 Å². The minimum Gasteiger partial charge on any atom is -0.293 e. The number of rotatable bonds is 4. The van der Waals surface area contributed by atoms with Crippen LogP contribution >= 0.6 is 0 Å². The molecular weight excluding hydrogens is 242 g/mol. The normalized spacial score (nSPS) is 13.1. The van der Waals surface area contributed by atoms with Crippen LogP contribution in [0.1, 0.15) is 12.5 Å². The molecule has 0 bridgehead atoms. The van der Waals surface area contributed by atoms with E-state index in [1.54, 1.807) is 12.1 Å². The van der Waals surface area contributed by atoms with E-state index < -0.39 is 22.0 Å². The Hall–Kier alpha value is -1.44. The first-order valence-electron chi connectivity index (χ1n) is 4.96. The van der Waals surface area contributed by atoms with Crippen LogP contribution in [0.3, 0.4) is 0 Å². The summed E-state index contributed by atoms with van der Waals surface area (Å²) >= 11 is 0. The fourth-order valence-electron chi connectivity index (χ4n) is 1.20. The van der Waals surface area contributed by atoms with Gasteiger partial charge in [0.1, 0.15) is 0 Å². The average Bonchev–Trinajstić information content (AvgIpc) is 2.27. The zero-order valence-corrected chi connectivity index (χ0v) is 10.4. The lowest BCUT2D eigenvalue weighted by molar-refractivity contribution is -0.122. The van der Waals surface area contributed by atoms with Crippen molar-refractivity contribution >= 4 is 15.9 Å². The van der Waals surface area contributed by atoms with E-state index in [-0.39, 0.29) is 4.90 Å². The monoisotopic (exact) mass is 257 g/mol. The third-order valence-electron chi connectivity index (χ3n) is 2.20. The zero-order chi connectivity index (χ0) is 13.1. The van der Waals surface area contributed by atoms with Gasteiger partial charge >= 0.3 is 0 Å². The molecule has 1 aromatic carbocycles. The second-order valence-corrected chi connectivity index (χ2v) is 5.38.